The van der Waals surface area contributed by atoms with Crippen molar-refractivity contribution in [3.05, 3.63) is 28.8 Å². The highest BCUT2D eigenvalue weighted by atomic mass is 35.5. The zero-order valence-corrected chi connectivity index (χ0v) is 12.3. The van der Waals surface area contributed by atoms with Gasteiger partial charge in [0.2, 0.25) is 0 Å². The molecule has 0 radical (unpaired) electrons. The lowest BCUT2D eigenvalue weighted by Gasteiger charge is -2.39. The average molecular weight is 281 g/mol. The Morgan fingerprint density at radius 2 is 2.05 bits per heavy atom. The number of hydrogen-bond acceptors (Lipinski definition) is 2. The van der Waals surface area contributed by atoms with Crippen molar-refractivity contribution in [1.29, 1.82) is 0 Å². The molecule has 3 nitrogen and oxygen atoms in total. The highest BCUT2D eigenvalue weighted by molar-refractivity contribution is 6.31. The smallest absolute Gasteiger partial charge is 0.255 e. The second-order valence-electron chi connectivity index (χ2n) is 5.69. The zero-order valence-electron chi connectivity index (χ0n) is 11.6. The number of carbonyl (C=O) groups excluding carboxylic acids is 1. The molecule has 2 N–H and O–H groups in total. The summed E-state index contributed by atoms with van der Waals surface area (Å²) in [6, 6.07) is 5.06. The second-order valence-corrected chi connectivity index (χ2v) is 6.12. The maximum Gasteiger partial charge on any atom is 0.255 e. The topological polar surface area (TPSA) is 46.3 Å². The molecule has 104 valence electrons. The Labute approximate surface area is 119 Å². The fourth-order valence-corrected chi connectivity index (χ4v) is 2.68. The monoisotopic (exact) mass is 280 g/mol. The number of benzene rings is 1. The summed E-state index contributed by atoms with van der Waals surface area (Å²) in [7, 11) is 0. The van der Waals surface area contributed by atoms with Gasteiger partial charge in [0.1, 0.15) is 0 Å². The van der Waals surface area contributed by atoms with Crippen LogP contribution in [-0.2, 0) is 0 Å². The first-order chi connectivity index (χ1) is 8.95. The van der Waals surface area contributed by atoms with E-state index in [1.807, 2.05) is 4.90 Å². The third-order valence-electron chi connectivity index (χ3n) is 4.36. The van der Waals surface area contributed by atoms with Gasteiger partial charge in [-0.3, -0.25) is 4.79 Å². The van der Waals surface area contributed by atoms with E-state index >= 15 is 0 Å². The predicted octanol–water partition coefficient (Wildman–Crippen LogP) is 3.57. The first-order valence-corrected chi connectivity index (χ1v) is 7.17. The molecule has 1 aromatic carbocycles. The van der Waals surface area contributed by atoms with Crippen LogP contribution in [0.3, 0.4) is 0 Å². The van der Waals surface area contributed by atoms with Gasteiger partial charge in [-0.1, -0.05) is 31.9 Å². The Morgan fingerprint density at radius 3 is 2.58 bits per heavy atom. The first kappa shape index (κ1) is 14.2. The SMILES string of the molecule is CCC1(C)CCN(C(=O)c2ccc(Cl)cc2N)CC1. The molecular formula is C15H21ClN2O. The van der Waals surface area contributed by atoms with Gasteiger partial charge in [-0.15, -0.1) is 0 Å². The van der Waals surface area contributed by atoms with Crippen molar-refractivity contribution in [3.63, 3.8) is 0 Å². The van der Waals surface area contributed by atoms with Crippen molar-refractivity contribution in [1.82, 2.24) is 4.90 Å². The van der Waals surface area contributed by atoms with Gasteiger partial charge in [0.25, 0.3) is 5.91 Å². The van der Waals surface area contributed by atoms with E-state index in [4.69, 9.17) is 17.3 Å². The van der Waals surface area contributed by atoms with Crippen molar-refractivity contribution in [2.75, 3.05) is 18.8 Å². The number of hydrogen-bond donors (Lipinski definition) is 1. The minimum Gasteiger partial charge on any atom is -0.398 e. The fourth-order valence-electron chi connectivity index (χ4n) is 2.50. The van der Waals surface area contributed by atoms with Gasteiger partial charge in [0.15, 0.2) is 0 Å². The van der Waals surface area contributed by atoms with Gasteiger partial charge in [-0.2, -0.15) is 0 Å². The van der Waals surface area contributed by atoms with Crippen molar-refractivity contribution >= 4 is 23.2 Å². The lowest BCUT2D eigenvalue weighted by atomic mass is 9.78. The fraction of sp³-hybridized carbons (Fsp3) is 0.533. The van der Waals surface area contributed by atoms with Gasteiger partial charge in [-0.25, -0.2) is 0 Å². The van der Waals surface area contributed by atoms with E-state index in [-0.39, 0.29) is 5.91 Å². The van der Waals surface area contributed by atoms with E-state index in [0.29, 0.717) is 21.7 Å². The summed E-state index contributed by atoms with van der Waals surface area (Å²) < 4.78 is 0. The van der Waals surface area contributed by atoms with Gasteiger partial charge in [0.05, 0.1) is 5.56 Å². The Hall–Kier alpha value is -1.22. The maximum absolute atomic E-state index is 12.4. The Kier molecular flexibility index (Phi) is 4.04. The summed E-state index contributed by atoms with van der Waals surface area (Å²) in [4.78, 5) is 14.3. The summed E-state index contributed by atoms with van der Waals surface area (Å²) in [5.74, 6) is 0.0207. The van der Waals surface area contributed by atoms with Crippen LogP contribution in [0.15, 0.2) is 18.2 Å². The van der Waals surface area contributed by atoms with E-state index in [1.165, 1.54) is 0 Å². The van der Waals surface area contributed by atoms with Crippen molar-refractivity contribution < 1.29 is 4.79 Å². The molecule has 0 aromatic heterocycles. The molecule has 19 heavy (non-hydrogen) atoms. The highest BCUT2D eigenvalue weighted by Gasteiger charge is 2.31. The summed E-state index contributed by atoms with van der Waals surface area (Å²) >= 11 is 5.86. The largest absolute Gasteiger partial charge is 0.398 e. The van der Waals surface area contributed by atoms with Gasteiger partial charge >= 0.3 is 0 Å². The van der Waals surface area contributed by atoms with Crippen LogP contribution in [0, 0.1) is 5.41 Å². The molecule has 0 saturated carbocycles. The number of rotatable bonds is 2. The molecule has 1 aliphatic rings. The quantitative estimate of drug-likeness (QED) is 0.842. The minimum absolute atomic E-state index is 0.0207. The van der Waals surface area contributed by atoms with Gasteiger partial charge in [0, 0.05) is 23.8 Å². The molecule has 0 bridgehead atoms. The van der Waals surface area contributed by atoms with Crippen LogP contribution in [0.25, 0.3) is 0 Å². The Morgan fingerprint density at radius 1 is 1.42 bits per heavy atom. The predicted molar refractivity (Wildman–Crippen MR) is 79.4 cm³/mol. The van der Waals surface area contributed by atoms with Gasteiger partial charge < -0.3 is 10.6 Å². The van der Waals surface area contributed by atoms with E-state index in [1.54, 1.807) is 18.2 Å². The van der Waals surface area contributed by atoms with Crippen LogP contribution >= 0.6 is 11.6 Å². The number of piperidine rings is 1. The number of halogens is 1. The van der Waals surface area contributed by atoms with Crippen LogP contribution in [0.1, 0.15) is 43.5 Å². The normalized spacial score (nSPS) is 18.4. The molecule has 1 amide bonds. The van der Waals surface area contributed by atoms with E-state index in [0.717, 1.165) is 32.4 Å². The molecule has 0 aliphatic carbocycles. The number of nitrogen functional groups attached to an aromatic ring is 1. The molecule has 0 unspecified atom stereocenters. The number of carbonyl (C=O) groups is 1. The third-order valence-corrected chi connectivity index (χ3v) is 4.59. The van der Waals surface area contributed by atoms with Crippen LogP contribution in [-0.4, -0.2) is 23.9 Å². The molecule has 1 aliphatic heterocycles. The Bertz CT molecular complexity index is 479. The number of amides is 1. The van der Waals surface area contributed by atoms with Crippen LogP contribution in [0.4, 0.5) is 5.69 Å². The standard InChI is InChI=1S/C15H21ClN2O/c1-3-15(2)6-8-18(9-7-15)14(19)12-5-4-11(16)10-13(12)17/h4-5,10H,3,6-9,17H2,1-2H3. The molecule has 1 saturated heterocycles. The van der Waals surface area contributed by atoms with Gasteiger partial charge in [-0.05, 0) is 36.5 Å². The number of anilines is 1. The van der Waals surface area contributed by atoms with Crippen LogP contribution < -0.4 is 5.73 Å². The second kappa shape index (κ2) is 5.41. The molecule has 1 fully saturated rings. The lowest BCUT2D eigenvalue weighted by molar-refractivity contribution is 0.0601. The number of nitrogens with two attached hydrogens (primary N) is 1. The molecule has 1 aromatic rings. The summed E-state index contributed by atoms with van der Waals surface area (Å²) in [5, 5.41) is 0.561. The maximum atomic E-state index is 12.4. The molecule has 4 heteroatoms. The molecule has 0 atom stereocenters. The minimum atomic E-state index is 0.0207. The van der Waals surface area contributed by atoms with E-state index in [2.05, 4.69) is 13.8 Å². The number of likely N-dealkylation sites (tertiary alicyclic amines) is 1. The summed E-state index contributed by atoms with van der Waals surface area (Å²) in [6.07, 6.45) is 3.28. The van der Waals surface area contributed by atoms with E-state index < -0.39 is 0 Å². The van der Waals surface area contributed by atoms with Crippen LogP contribution in [0.5, 0.6) is 0 Å². The lowest BCUT2D eigenvalue weighted by Crippen LogP contribution is -2.42. The Balaban J connectivity index is 2.09. The summed E-state index contributed by atoms with van der Waals surface area (Å²) in [6.45, 7) is 6.14. The van der Waals surface area contributed by atoms with Crippen molar-refractivity contribution in [2.24, 2.45) is 5.41 Å². The molecule has 0 spiro atoms. The third kappa shape index (κ3) is 3.03. The molecular weight excluding hydrogens is 260 g/mol. The van der Waals surface area contributed by atoms with Crippen LogP contribution in [0.2, 0.25) is 5.02 Å². The zero-order chi connectivity index (χ0) is 14.0. The van der Waals surface area contributed by atoms with Crippen molar-refractivity contribution in [3.8, 4) is 0 Å². The summed E-state index contributed by atoms with van der Waals surface area (Å²) in [5.41, 5.74) is 7.27. The van der Waals surface area contributed by atoms with Crippen molar-refractivity contribution in [2.45, 2.75) is 33.1 Å². The highest BCUT2D eigenvalue weighted by Crippen LogP contribution is 2.34. The van der Waals surface area contributed by atoms with E-state index in [9.17, 15) is 4.79 Å². The first-order valence-electron chi connectivity index (χ1n) is 6.79. The molecule has 2 rings (SSSR count). The number of nitrogens with zero attached hydrogens (tertiary/aromatic N) is 1. The average Bonchev–Trinajstić information content (AvgIpc) is 2.39. The molecule has 1 heterocycles.